The van der Waals surface area contributed by atoms with E-state index in [1.54, 1.807) is 36.9 Å². The lowest BCUT2D eigenvalue weighted by Crippen LogP contribution is -2.41. The topological polar surface area (TPSA) is 166 Å². The second-order valence-electron chi connectivity index (χ2n) is 13.7. The van der Waals surface area contributed by atoms with Crippen LogP contribution in [0.2, 0.25) is 0 Å². The average molecular weight is 809 g/mol. The van der Waals surface area contributed by atoms with Crippen LogP contribution in [0.4, 0.5) is 11.4 Å². The number of piperidine rings is 1. The van der Waals surface area contributed by atoms with E-state index >= 15 is 0 Å². The molecule has 1 aliphatic rings. The van der Waals surface area contributed by atoms with Crippen molar-refractivity contribution in [1.29, 1.82) is 0 Å². The van der Waals surface area contributed by atoms with E-state index in [1.807, 2.05) is 24.6 Å². The number of amides is 3. The summed E-state index contributed by atoms with van der Waals surface area (Å²) < 4.78 is 15.6. The molecule has 1 atom stereocenters. The molecule has 4 N–H and O–H groups in total. The third-order valence-electron chi connectivity index (χ3n) is 9.96. The number of imidazole rings is 1. The summed E-state index contributed by atoms with van der Waals surface area (Å²) in [5.74, 6) is -0.452. The maximum absolute atomic E-state index is 12.8. The number of imide groups is 1. The number of benzene rings is 3. The number of nitrogens with zero attached hydrogens (tertiary/aromatic N) is 4. The zero-order valence-electron chi connectivity index (χ0n) is 30.8. The molecule has 284 valence electrons. The number of fused-ring (bicyclic) bond motifs is 1. The first kappa shape index (κ1) is 37.6. The Bertz CT molecular complexity index is 2360. The average Bonchev–Trinajstić information content (AvgIpc) is 3.90. The Morgan fingerprint density at radius 2 is 1.91 bits per heavy atom. The number of aryl methyl sites for hydroxylation is 2. The Morgan fingerprint density at radius 1 is 1.05 bits per heavy atom. The third kappa shape index (κ3) is 8.05. The van der Waals surface area contributed by atoms with Gasteiger partial charge in [-0.15, -0.1) is 0 Å². The van der Waals surface area contributed by atoms with Gasteiger partial charge >= 0.3 is 0 Å². The number of rotatable bonds is 14. The highest BCUT2D eigenvalue weighted by atomic mass is 79.9. The van der Waals surface area contributed by atoms with Gasteiger partial charge in [0.15, 0.2) is 5.88 Å². The molecule has 6 aromatic rings. The first-order valence-corrected chi connectivity index (χ1v) is 19.0. The maximum Gasteiger partial charge on any atom is 0.250 e. The number of anilines is 2. The molecule has 0 saturated carbocycles. The van der Waals surface area contributed by atoms with E-state index in [4.69, 9.17) is 9.26 Å². The van der Waals surface area contributed by atoms with Crippen LogP contribution in [-0.2, 0) is 19.1 Å². The third-order valence-corrected chi connectivity index (χ3v) is 10.6. The lowest BCUT2D eigenvalue weighted by Gasteiger charge is -2.22. The summed E-state index contributed by atoms with van der Waals surface area (Å²) in [5, 5.41) is 25.0. The molecule has 13 nitrogen and oxygen atoms in total. The lowest BCUT2D eigenvalue weighted by molar-refractivity contribution is -0.135. The molecule has 0 radical (unpaired) electrons. The quantitative estimate of drug-likeness (QED) is 0.0636. The minimum absolute atomic E-state index is 0.0971. The van der Waals surface area contributed by atoms with Crippen LogP contribution in [0.3, 0.4) is 0 Å². The first-order valence-electron chi connectivity index (χ1n) is 18.2. The van der Waals surface area contributed by atoms with Crippen LogP contribution >= 0.6 is 15.9 Å². The van der Waals surface area contributed by atoms with Gasteiger partial charge in [0.25, 0.3) is 0 Å². The maximum atomic E-state index is 12.8. The second kappa shape index (κ2) is 16.3. The van der Waals surface area contributed by atoms with Gasteiger partial charge in [0.2, 0.25) is 17.7 Å². The fourth-order valence-corrected chi connectivity index (χ4v) is 7.72. The highest BCUT2D eigenvalue weighted by Gasteiger charge is 2.30. The number of halogens is 1. The van der Waals surface area contributed by atoms with Crippen molar-refractivity contribution < 1.29 is 28.8 Å². The van der Waals surface area contributed by atoms with E-state index in [0.29, 0.717) is 23.1 Å². The standard InChI is InChI=1S/C41H42BrN7O6/c1-24-30(27-10-11-35(32(42)19-27)48-16-15-43-23-48)18-28(39-25(2)47-55-26(39)3)20-34(24)44-14-5-4-6-17-54-22-38(51)45-33-9-7-8-29-31(33)21-49(41(29)53)36-12-13-37(50)46-40(36)52/h7-11,15-16,18-21,23,36,44,53H,4-6,12-14,17,22H2,1-3H3,(H,45,51)(H,46,50,52). The van der Waals surface area contributed by atoms with Gasteiger partial charge in [-0.1, -0.05) is 17.3 Å². The Hall–Kier alpha value is -5.73. The van der Waals surface area contributed by atoms with Crippen LogP contribution < -0.4 is 16.0 Å². The summed E-state index contributed by atoms with van der Waals surface area (Å²) >= 11 is 3.77. The Kier molecular flexibility index (Phi) is 11.2. The zero-order chi connectivity index (χ0) is 38.6. The molecule has 7 rings (SSSR count). The van der Waals surface area contributed by atoms with Gasteiger partial charge in [0.1, 0.15) is 18.4 Å². The van der Waals surface area contributed by atoms with E-state index in [0.717, 1.165) is 80.9 Å². The predicted molar refractivity (Wildman–Crippen MR) is 213 cm³/mol. The van der Waals surface area contributed by atoms with Crippen LogP contribution in [0.15, 0.2) is 82.4 Å². The number of aromatic nitrogens is 4. The number of aromatic hydroxyl groups is 1. The molecule has 0 bridgehead atoms. The normalized spacial score (nSPS) is 14.4. The highest BCUT2D eigenvalue weighted by molar-refractivity contribution is 9.10. The van der Waals surface area contributed by atoms with Gasteiger partial charge in [-0.05, 0) is 121 Å². The van der Waals surface area contributed by atoms with E-state index in [1.165, 1.54) is 4.57 Å². The molecule has 3 amide bonds. The monoisotopic (exact) mass is 807 g/mol. The van der Waals surface area contributed by atoms with E-state index in [2.05, 4.69) is 79.3 Å². The van der Waals surface area contributed by atoms with Crippen molar-refractivity contribution in [3.63, 3.8) is 0 Å². The Balaban J connectivity index is 0.929. The summed E-state index contributed by atoms with van der Waals surface area (Å²) in [5.41, 5.74) is 8.69. The summed E-state index contributed by atoms with van der Waals surface area (Å²) in [7, 11) is 0. The molecule has 1 aliphatic heterocycles. The van der Waals surface area contributed by atoms with E-state index in [-0.39, 0.29) is 37.1 Å². The number of hydrogen-bond acceptors (Lipinski definition) is 9. The SMILES string of the molecule is Cc1noc(C)c1-c1cc(NCCCCCOCC(=O)Nc2cccc3c(O)n(C4CCC(=O)NC4=O)cc23)c(C)c(-c2ccc(-n3ccnc3)c(Br)c2)c1. The molecule has 1 saturated heterocycles. The fourth-order valence-electron chi connectivity index (χ4n) is 7.14. The Labute approximate surface area is 326 Å². The molecule has 1 fully saturated rings. The smallest absolute Gasteiger partial charge is 0.250 e. The summed E-state index contributed by atoms with van der Waals surface area (Å²) in [6.07, 6.45) is 10.1. The summed E-state index contributed by atoms with van der Waals surface area (Å²) in [4.78, 5) is 41.0. The zero-order valence-corrected chi connectivity index (χ0v) is 32.4. The molecule has 0 spiro atoms. The number of carbonyl (C=O) groups excluding carboxylic acids is 3. The molecule has 3 aromatic heterocycles. The number of ether oxygens (including phenoxy) is 1. The van der Waals surface area contributed by atoms with Crippen molar-refractivity contribution in [2.24, 2.45) is 0 Å². The van der Waals surface area contributed by atoms with Gasteiger partial charge < -0.3 is 34.1 Å². The summed E-state index contributed by atoms with van der Waals surface area (Å²) in [6.45, 7) is 7.08. The van der Waals surface area contributed by atoms with Crippen LogP contribution in [0.5, 0.6) is 5.88 Å². The van der Waals surface area contributed by atoms with Crippen molar-refractivity contribution in [3.05, 3.63) is 94.9 Å². The van der Waals surface area contributed by atoms with Crippen molar-refractivity contribution in [2.75, 3.05) is 30.4 Å². The molecular weight excluding hydrogens is 766 g/mol. The van der Waals surface area contributed by atoms with Gasteiger partial charge in [-0.2, -0.15) is 0 Å². The molecule has 14 heteroatoms. The van der Waals surface area contributed by atoms with Gasteiger partial charge in [-0.3, -0.25) is 19.7 Å². The molecule has 1 unspecified atom stereocenters. The summed E-state index contributed by atoms with van der Waals surface area (Å²) in [6, 6.07) is 15.1. The highest BCUT2D eigenvalue weighted by Crippen LogP contribution is 2.39. The fraction of sp³-hybridized carbons (Fsp3) is 0.293. The molecular formula is C41H42BrN7O6. The largest absolute Gasteiger partial charge is 0.494 e. The van der Waals surface area contributed by atoms with E-state index in [9.17, 15) is 19.5 Å². The van der Waals surface area contributed by atoms with Gasteiger partial charge in [0, 0.05) is 64.7 Å². The number of nitrogens with one attached hydrogen (secondary N) is 3. The number of unbranched alkanes of at least 4 members (excludes halogenated alkanes) is 2. The number of hydrogen-bond donors (Lipinski definition) is 4. The van der Waals surface area contributed by atoms with Crippen LogP contribution in [0.1, 0.15) is 55.2 Å². The number of carbonyl (C=O) groups is 3. The van der Waals surface area contributed by atoms with Crippen molar-refractivity contribution in [3.8, 4) is 33.8 Å². The Morgan fingerprint density at radius 3 is 2.65 bits per heavy atom. The van der Waals surface area contributed by atoms with Crippen molar-refractivity contribution >= 4 is 55.8 Å². The first-order chi connectivity index (χ1) is 26.6. The van der Waals surface area contributed by atoms with Crippen LogP contribution in [-0.4, -0.2) is 61.9 Å². The molecule has 0 aliphatic carbocycles. The lowest BCUT2D eigenvalue weighted by atomic mass is 9.93. The minimum atomic E-state index is -0.716. The van der Waals surface area contributed by atoms with Gasteiger partial charge in [-0.25, -0.2) is 4.98 Å². The van der Waals surface area contributed by atoms with Crippen LogP contribution in [0.25, 0.3) is 38.7 Å². The van der Waals surface area contributed by atoms with Gasteiger partial charge in [0.05, 0.1) is 23.4 Å². The molecule has 4 heterocycles. The van der Waals surface area contributed by atoms with Crippen molar-refractivity contribution in [1.82, 2.24) is 24.6 Å². The molecule has 3 aromatic carbocycles. The van der Waals surface area contributed by atoms with Crippen molar-refractivity contribution in [2.45, 2.75) is 58.9 Å². The van der Waals surface area contributed by atoms with E-state index < -0.39 is 11.9 Å². The predicted octanol–water partition coefficient (Wildman–Crippen LogP) is 7.76. The second-order valence-corrected chi connectivity index (χ2v) is 14.6. The van der Waals surface area contributed by atoms with Crippen LogP contribution in [0, 0.1) is 20.8 Å². The minimum Gasteiger partial charge on any atom is -0.494 e. The molecule has 55 heavy (non-hydrogen) atoms.